The quantitative estimate of drug-likeness (QED) is 0.449. The number of aryl methyl sites for hydroxylation is 1. The summed E-state index contributed by atoms with van der Waals surface area (Å²) in [6, 6.07) is 18.0. The molecule has 3 aromatic carbocycles. The minimum Gasteiger partial charge on any atom is -0.494 e. The Balaban J connectivity index is 2.17. The van der Waals surface area contributed by atoms with Crippen LogP contribution < -0.4 is 4.74 Å². The SMILES string of the molecule is COc1cc(CCl)cc2c3ccccc3n(S(=O)(=O)c3ccc(C)cc3)c12. The highest BCUT2D eigenvalue weighted by atomic mass is 35.5. The smallest absolute Gasteiger partial charge is 0.268 e. The maximum Gasteiger partial charge on any atom is 0.268 e. The Bertz CT molecular complexity index is 1260. The molecule has 1 heterocycles. The molecule has 4 aromatic rings. The van der Waals surface area contributed by atoms with E-state index in [9.17, 15) is 8.42 Å². The third-order valence-electron chi connectivity index (χ3n) is 4.68. The molecule has 0 saturated carbocycles. The van der Waals surface area contributed by atoms with Gasteiger partial charge in [0.15, 0.2) is 0 Å². The lowest BCUT2D eigenvalue weighted by Crippen LogP contribution is -2.13. The van der Waals surface area contributed by atoms with Gasteiger partial charge in [-0.1, -0.05) is 35.9 Å². The predicted octanol–water partition coefficient (Wildman–Crippen LogP) is 5.09. The summed E-state index contributed by atoms with van der Waals surface area (Å²) >= 11 is 6.03. The molecule has 0 N–H and O–H groups in total. The van der Waals surface area contributed by atoms with Crippen LogP contribution in [0.4, 0.5) is 0 Å². The zero-order valence-electron chi connectivity index (χ0n) is 14.9. The molecule has 0 aliphatic heterocycles. The zero-order valence-corrected chi connectivity index (χ0v) is 16.5. The molecule has 0 aliphatic carbocycles. The number of para-hydroxylation sites is 1. The minimum absolute atomic E-state index is 0.235. The lowest BCUT2D eigenvalue weighted by Gasteiger charge is -2.12. The summed E-state index contributed by atoms with van der Waals surface area (Å²) in [6.07, 6.45) is 0. The van der Waals surface area contributed by atoms with Gasteiger partial charge in [0.2, 0.25) is 0 Å². The number of rotatable bonds is 4. The maximum absolute atomic E-state index is 13.5. The van der Waals surface area contributed by atoms with Crippen molar-refractivity contribution in [2.45, 2.75) is 17.7 Å². The highest BCUT2D eigenvalue weighted by Gasteiger charge is 2.25. The lowest BCUT2D eigenvalue weighted by atomic mass is 10.1. The second-order valence-corrected chi connectivity index (χ2v) is 8.48. The van der Waals surface area contributed by atoms with Gasteiger partial charge < -0.3 is 4.74 Å². The molecule has 0 aliphatic rings. The van der Waals surface area contributed by atoms with Crippen molar-refractivity contribution in [2.24, 2.45) is 0 Å². The van der Waals surface area contributed by atoms with Crippen molar-refractivity contribution in [3.05, 3.63) is 71.8 Å². The normalized spacial score (nSPS) is 12.0. The fourth-order valence-corrected chi connectivity index (χ4v) is 5.07. The van der Waals surface area contributed by atoms with E-state index in [2.05, 4.69) is 0 Å². The van der Waals surface area contributed by atoms with Crippen molar-refractivity contribution < 1.29 is 13.2 Å². The Morgan fingerprint density at radius 2 is 1.70 bits per heavy atom. The molecule has 27 heavy (non-hydrogen) atoms. The van der Waals surface area contributed by atoms with Crippen molar-refractivity contribution in [1.82, 2.24) is 3.97 Å². The van der Waals surface area contributed by atoms with E-state index < -0.39 is 10.0 Å². The first-order chi connectivity index (χ1) is 13.0. The van der Waals surface area contributed by atoms with Crippen LogP contribution in [0.15, 0.2) is 65.6 Å². The third kappa shape index (κ3) is 2.78. The summed E-state index contributed by atoms with van der Waals surface area (Å²) in [5.74, 6) is 0.798. The van der Waals surface area contributed by atoms with E-state index in [0.717, 1.165) is 21.9 Å². The van der Waals surface area contributed by atoms with Gasteiger partial charge in [0.05, 0.1) is 17.5 Å². The zero-order chi connectivity index (χ0) is 19.2. The third-order valence-corrected chi connectivity index (χ3v) is 6.72. The highest BCUT2D eigenvalue weighted by molar-refractivity contribution is 7.90. The van der Waals surface area contributed by atoms with E-state index in [4.69, 9.17) is 16.3 Å². The number of hydrogen-bond donors (Lipinski definition) is 0. The van der Waals surface area contributed by atoms with E-state index in [0.29, 0.717) is 22.7 Å². The van der Waals surface area contributed by atoms with Crippen LogP contribution in [-0.4, -0.2) is 19.5 Å². The van der Waals surface area contributed by atoms with Crippen molar-refractivity contribution in [3.8, 4) is 5.75 Å². The first kappa shape index (κ1) is 17.9. The van der Waals surface area contributed by atoms with Crippen LogP contribution in [0, 0.1) is 6.92 Å². The molecular weight excluding hydrogens is 382 g/mol. The maximum atomic E-state index is 13.5. The van der Waals surface area contributed by atoms with Gasteiger partial charge in [-0.2, -0.15) is 0 Å². The monoisotopic (exact) mass is 399 g/mol. The van der Waals surface area contributed by atoms with Crippen molar-refractivity contribution in [2.75, 3.05) is 7.11 Å². The summed E-state index contributed by atoms with van der Waals surface area (Å²) in [5.41, 5.74) is 3.00. The van der Waals surface area contributed by atoms with Gasteiger partial charge in [0, 0.05) is 16.7 Å². The van der Waals surface area contributed by atoms with Gasteiger partial charge in [0.1, 0.15) is 11.3 Å². The van der Waals surface area contributed by atoms with Crippen LogP contribution in [0.3, 0.4) is 0 Å². The molecule has 0 atom stereocenters. The molecule has 0 saturated heterocycles. The Kier molecular flexibility index (Phi) is 4.36. The van der Waals surface area contributed by atoms with Crippen LogP contribution in [0.25, 0.3) is 21.8 Å². The molecule has 4 rings (SSSR count). The molecule has 0 bridgehead atoms. The summed E-state index contributed by atoms with van der Waals surface area (Å²) in [5, 5.41) is 1.64. The highest BCUT2D eigenvalue weighted by Crippen LogP contribution is 2.38. The van der Waals surface area contributed by atoms with Crippen LogP contribution in [-0.2, 0) is 15.9 Å². The van der Waals surface area contributed by atoms with E-state index >= 15 is 0 Å². The predicted molar refractivity (Wildman–Crippen MR) is 109 cm³/mol. The summed E-state index contributed by atoms with van der Waals surface area (Å²) in [7, 11) is -2.28. The van der Waals surface area contributed by atoms with Gasteiger partial charge in [-0.15, -0.1) is 11.6 Å². The Morgan fingerprint density at radius 3 is 2.37 bits per heavy atom. The number of halogens is 1. The van der Waals surface area contributed by atoms with E-state index in [1.807, 2.05) is 31.2 Å². The van der Waals surface area contributed by atoms with Crippen LogP contribution in [0.5, 0.6) is 5.75 Å². The second-order valence-electron chi connectivity index (χ2n) is 6.43. The number of nitrogens with zero attached hydrogens (tertiary/aromatic N) is 1. The number of methoxy groups -OCH3 is 1. The first-order valence-corrected chi connectivity index (χ1v) is 10.4. The fraction of sp³-hybridized carbons (Fsp3) is 0.143. The Labute approximate surface area is 163 Å². The summed E-state index contributed by atoms with van der Waals surface area (Å²) in [6.45, 7) is 1.92. The lowest BCUT2D eigenvalue weighted by molar-refractivity contribution is 0.418. The minimum atomic E-state index is -3.81. The van der Waals surface area contributed by atoms with Gasteiger partial charge in [-0.3, -0.25) is 0 Å². The first-order valence-electron chi connectivity index (χ1n) is 8.45. The van der Waals surface area contributed by atoms with Crippen molar-refractivity contribution in [1.29, 1.82) is 0 Å². The number of alkyl halides is 1. The van der Waals surface area contributed by atoms with Gasteiger partial charge in [0.25, 0.3) is 10.0 Å². The van der Waals surface area contributed by atoms with Gasteiger partial charge in [-0.05, 0) is 42.8 Å². The van der Waals surface area contributed by atoms with Crippen LogP contribution >= 0.6 is 11.6 Å². The largest absolute Gasteiger partial charge is 0.494 e. The Morgan fingerprint density at radius 1 is 1.00 bits per heavy atom. The van der Waals surface area contributed by atoms with Crippen molar-refractivity contribution >= 4 is 43.4 Å². The molecule has 0 radical (unpaired) electrons. The molecule has 1 aromatic heterocycles. The number of benzene rings is 3. The standard InChI is InChI=1S/C21H18ClNO3S/c1-14-7-9-16(10-8-14)27(24,25)23-19-6-4-3-5-17(19)18-11-15(13-22)12-20(26-2)21(18)23/h3-12H,13H2,1-2H3. The van der Waals surface area contributed by atoms with E-state index in [1.54, 1.807) is 36.4 Å². The molecule has 0 fully saturated rings. The van der Waals surface area contributed by atoms with Crippen molar-refractivity contribution in [3.63, 3.8) is 0 Å². The second kappa shape index (κ2) is 6.59. The molecule has 0 amide bonds. The number of fused-ring (bicyclic) bond motifs is 3. The number of aromatic nitrogens is 1. The number of ether oxygens (including phenoxy) is 1. The fourth-order valence-electron chi connectivity index (χ4n) is 3.38. The average molecular weight is 400 g/mol. The Hall–Kier alpha value is -2.50. The average Bonchev–Trinajstić information content (AvgIpc) is 3.02. The molecule has 0 spiro atoms. The van der Waals surface area contributed by atoms with Gasteiger partial charge >= 0.3 is 0 Å². The number of hydrogen-bond acceptors (Lipinski definition) is 3. The molecular formula is C21H18ClNO3S. The molecule has 0 unspecified atom stereocenters. The van der Waals surface area contributed by atoms with E-state index in [-0.39, 0.29) is 4.90 Å². The topological polar surface area (TPSA) is 48.3 Å². The molecule has 138 valence electrons. The molecule has 6 heteroatoms. The summed E-state index contributed by atoms with van der Waals surface area (Å²) < 4.78 is 34.0. The van der Waals surface area contributed by atoms with Gasteiger partial charge in [-0.25, -0.2) is 12.4 Å². The van der Waals surface area contributed by atoms with E-state index in [1.165, 1.54) is 11.1 Å². The summed E-state index contributed by atoms with van der Waals surface area (Å²) in [4.78, 5) is 0.235. The molecule has 4 nitrogen and oxygen atoms in total. The van der Waals surface area contributed by atoms with Crippen LogP contribution in [0.1, 0.15) is 11.1 Å². The van der Waals surface area contributed by atoms with Crippen LogP contribution in [0.2, 0.25) is 0 Å².